The Balaban J connectivity index is 5.43. The molecule has 0 aliphatic carbocycles. The zero-order valence-electron chi connectivity index (χ0n) is 12.6. The van der Waals surface area contributed by atoms with Gasteiger partial charge in [0.2, 0.25) is 0 Å². The topological polar surface area (TPSA) is 71.1 Å². The van der Waals surface area contributed by atoms with Crippen LogP contribution < -0.4 is 0 Å². The number of allylic oxidation sites excluding steroid dienone is 2. The van der Waals surface area contributed by atoms with Crippen molar-refractivity contribution in [1.82, 2.24) is 0 Å². The van der Waals surface area contributed by atoms with E-state index >= 15 is 0 Å². The number of halogens is 2. The van der Waals surface area contributed by atoms with Gasteiger partial charge in [0.15, 0.2) is 25.3 Å². The molecule has 0 aromatic carbocycles. The van der Waals surface area contributed by atoms with Crippen molar-refractivity contribution in [2.75, 3.05) is 27.4 Å². The van der Waals surface area contributed by atoms with E-state index in [4.69, 9.17) is 42.1 Å². The summed E-state index contributed by atoms with van der Waals surface area (Å²) in [6, 6.07) is 0. The van der Waals surface area contributed by atoms with Crippen LogP contribution in [0.25, 0.3) is 0 Å². The highest BCUT2D eigenvalue weighted by molar-refractivity contribution is 6.64. The third kappa shape index (κ3) is 8.19. The molecule has 0 rings (SSSR count). The van der Waals surface area contributed by atoms with Crippen LogP contribution in [0.15, 0.2) is 35.8 Å². The van der Waals surface area contributed by atoms with Crippen LogP contribution in [-0.4, -0.2) is 44.2 Å². The second kappa shape index (κ2) is 11.3. The van der Waals surface area contributed by atoms with Gasteiger partial charge in [0.05, 0.1) is 0 Å². The van der Waals surface area contributed by atoms with Crippen molar-refractivity contribution in [1.29, 1.82) is 0 Å². The number of rotatable bonds is 11. The number of hydrogen-bond acceptors (Lipinski definition) is 6. The Morgan fingerprint density at radius 1 is 1.09 bits per heavy atom. The fourth-order valence-corrected chi connectivity index (χ4v) is 1.47. The van der Waals surface area contributed by atoms with E-state index < -0.39 is 16.8 Å². The van der Waals surface area contributed by atoms with Crippen molar-refractivity contribution >= 4 is 33.7 Å². The summed E-state index contributed by atoms with van der Waals surface area (Å²) in [4.78, 5) is 21.6. The Morgan fingerprint density at radius 2 is 1.59 bits per heavy atom. The van der Waals surface area contributed by atoms with Gasteiger partial charge < -0.3 is 18.9 Å². The summed E-state index contributed by atoms with van der Waals surface area (Å²) in [5.41, 5.74) is 0.516. The van der Waals surface area contributed by atoms with Crippen LogP contribution in [0.4, 0.5) is 0 Å². The zero-order valence-corrected chi connectivity index (χ0v) is 14.1. The van der Waals surface area contributed by atoms with Crippen molar-refractivity contribution in [3.63, 3.8) is 0 Å². The van der Waals surface area contributed by atoms with E-state index in [2.05, 4.69) is 6.58 Å². The molecule has 0 saturated heterocycles. The molecule has 22 heavy (non-hydrogen) atoms. The lowest BCUT2D eigenvalue weighted by molar-refractivity contribution is -0.116. The van der Waals surface area contributed by atoms with Gasteiger partial charge in [-0.2, -0.15) is 0 Å². The van der Waals surface area contributed by atoms with Crippen LogP contribution in [-0.2, 0) is 28.5 Å². The third-order valence-electron chi connectivity index (χ3n) is 2.32. The quantitative estimate of drug-likeness (QED) is 0.246. The number of carbonyl (C=O) groups is 2. The van der Waals surface area contributed by atoms with Gasteiger partial charge in [-0.3, -0.25) is 9.59 Å². The largest absolute Gasteiger partial charge is 0.485 e. The maximum atomic E-state index is 10.9. The number of hydrogen-bond donors (Lipinski definition) is 0. The summed E-state index contributed by atoms with van der Waals surface area (Å²) in [6.45, 7) is 4.47. The van der Waals surface area contributed by atoms with Gasteiger partial charge in [0.25, 0.3) is 10.5 Å². The van der Waals surface area contributed by atoms with Gasteiger partial charge in [-0.25, -0.2) is 0 Å². The molecule has 0 heterocycles. The molecule has 0 spiro atoms. The van der Waals surface area contributed by atoms with Gasteiger partial charge >= 0.3 is 0 Å². The first-order valence-electron chi connectivity index (χ1n) is 6.08. The van der Waals surface area contributed by atoms with Crippen LogP contribution >= 0.6 is 23.2 Å². The molecule has 0 bridgehead atoms. The van der Waals surface area contributed by atoms with Gasteiger partial charge in [0.1, 0.15) is 5.76 Å². The lowest BCUT2D eigenvalue weighted by Gasteiger charge is -2.16. The SMILES string of the molecule is C=C/C(=C\C(OCC(=O)Cl)=C(/C)OCC(=O)Cl)C(OC)OC. The summed E-state index contributed by atoms with van der Waals surface area (Å²) in [7, 11) is 2.90. The minimum absolute atomic E-state index is 0.168. The molecule has 0 amide bonds. The van der Waals surface area contributed by atoms with E-state index in [-0.39, 0.29) is 24.7 Å². The molecule has 0 N–H and O–H groups in total. The highest BCUT2D eigenvalue weighted by Crippen LogP contribution is 2.17. The fourth-order valence-electron chi connectivity index (χ4n) is 1.36. The highest BCUT2D eigenvalue weighted by Gasteiger charge is 2.13. The predicted molar refractivity (Wildman–Crippen MR) is 82.4 cm³/mol. The minimum atomic E-state index is -0.692. The maximum absolute atomic E-state index is 10.9. The molecule has 124 valence electrons. The molecule has 0 aliphatic rings. The summed E-state index contributed by atoms with van der Waals surface area (Å²) in [6.07, 6.45) is 2.30. The lowest BCUT2D eigenvalue weighted by atomic mass is 10.2. The number of methoxy groups -OCH3 is 2. The van der Waals surface area contributed by atoms with Crippen molar-refractivity contribution < 1.29 is 28.5 Å². The fraction of sp³-hybridized carbons (Fsp3) is 0.429. The van der Waals surface area contributed by atoms with Crippen LogP contribution in [0, 0.1) is 0 Å². The van der Waals surface area contributed by atoms with Crippen LogP contribution in [0.3, 0.4) is 0 Å². The second-order valence-corrected chi connectivity index (χ2v) is 4.70. The molecular weight excluding hydrogens is 335 g/mol. The van der Waals surface area contributed by atoms with E-state index in [0.29, 0.717) is 5.57 Å². The van der Waals surface area contributed by atoms with E-state index in [0.717, 1.165) is 0 Å². The molecule has 8 heteroatoms. The molecule has 0 aromatic rings. The maximum Gasteiger partial charge on any atom is 0.259 e. The van der Waals surface area contributed by atoms with Crippen molar-refractivity contribution in [2.45, 2.75) is 13.2 Å². The molecule has 0 aromatic heterocycles. The van der Waals surface area contributed by atoms with E-state index in [1.165, 1.54) is 26.4 Å². The summed E-state index contributed by atoms with van der Waals surface area (Å²) in [5.74, 6) is 0.401. The average molecular weight is 353 g/mol. The van der Waals surface area contributed by atoms with Crippen LogP contribution in [0.5, 0.6) is 0 Å². The first kappa shape index (κ1) is 20.7. The third-order valence-corrected chi connectivity index (χ3v) is 2.54. The molecule has 6 nitrogen and oxygen atoms in total. The van der Waals surface area contributed by atoms with E-state index in [1.54, 1.807) is 6.92 Å². The molecule has 0 atom stereocenters. The van der Waals surface area contributed by atoms with Crippen molar-refractivity contribution in [3.05, 3.63) is 35.8 Å². The van der Waals surface area contributed by atoms with Gasteiger partial charge in [0, 0.05) is 19.8 Å². The predicted octanol–water partition coefficient (Wildman–Crippen LogP) is 2.51. The Kier molecular flexibility index (Phi) is 10.6. The lowest BCUT2D eigenvalue weighted by Crippen LogP contribution is -2.16. The molecule has 0 radical (unpaired) electrons. The first-order valence-corrected chi connectivity index (χ1v) is 6.84. The Hall–Kier alpha value is -1.34. The standard InChI is InChI=1S/C14H18Cl2O6/c1-5-10(14(19-3)20-4)6-11(22-8-13(16)18)9(2)21-7-12(15)17/h5-6,14H,1,7-8H2,2-4H3/b10-6+,11-9-. The first-order chi connectivity index (χ1) is 10.3. The van der Waals surface area contributed by atoms with Gasteiger partial charge in [-0.05, 0) is 36.2 Å². The van der Waals surface area contributed by atoms with Gasteiger partial charge in [-0.1, -0.05) is 12.7 Å². The summed E-state index contributed by atoms with van der Waals surface area (Å²) < 4.78 is 20.6. The van der Waals surface area contributed by atoms with E-state index in [9.17, 15) is 9.59 Å². The van der Waals surface area contributed by atoms with Crippen LogP contribution in [0.2, 0.25) is 0 Å². The molecule has 0 unspecified atom stereocenters. The minimum Gasteiger partial charge on any atom is -0.485 e. The van der Waals surface area contributed by atoms with Crippen molar-refractivity contribution in [3.8, 4) is 0 Å². The molecule has 0 fully saturated rings. The number of ether oxygens (including phenoxy) is 4. The van der Waals surface area contributed by atoms with Crippen LogP contribution in [0.1, 0.15) is 6.92 Å². The Morgan fingerprint density at radius 3 is 2.00 bits per heavy atom. The summed E-state index contributed by atoms with van der Waals surface area (Å²) >= 11 is 10.5. The molecule has 0 aliphatic heterocycles. The molecular formula is C14H18Cl2O6. The van der Waals surface area contributed by atoms with Gasteiger partial charge in [-0.15, -0.1) is 0 Å². The normalized spacial score (nSPS) is 12.7. The average Bonchev–Trinajstić information content (AvgIpc) is 2.47. The monoisotopic (exact) mass is 352 g/mol. The van der Waals surface area contributed by atoms with Crippen molar-refractivity contribution in [2.24, 2.45) is 0 Å². The number of carbonyl (C=O) groups excluding carboxylic acids is 2. The highest BCUT2D eigenvalue weighted by atomic mass is 35.5. The summed E-state index contributed by atoms with van der Waals surface area (Å²) in [5, 5.41) is -1.37. The second-order valence-electron chi connectivity index (χ2n) is 3.86. The smallest absolute Gasteiger partial charge is 0.259 e. The Labute approximate surface area is 139 Å². The molecule has 0 saturated carbocycles. The zero-order chi connectivity index (χ0) is 17.1. The Bertz CT molecular complexity index is 466. The van der Waals surface area contributed by atoms with E-state index in [1.807, 2.05) is 0 Å².